The molecule has 0 N–H and O–H groups in total. The van der Waals surface area contributed by atoms with E-state index in [1.807, 2.05) is 26.0 Å². The fraction of sp³-hybridized carbons (Fsp3) is 0.190. The Bertz CT molecular complexity index is 1040. The number of nitrogens with zero attached hydrogens (tertiary/aromatic N) is 1. The molecule has 26 heavy (non-hydrogen) atoms. The molecule has 0 radical (unpaired) electrons. The van der Waals surface area contributed by atoms with Gasteiger partial charge in [0.25, 0.3) is 10.0 Å². The summed E-state index contributed by atoms with van der Waals surface area (Å²) in [6.45, 7) is 5.36. The molecule has 1 aromatic heterocycles. The lowest BCUT2D eigenvalue weighted by atomic mass is 10.0. The molecule has 0 saturated carbocycles. The zero-order chi connectivity index (χ0) is 18.9. The summed E-state index contributed by atoms with van der Waals surface area (Å²) < 4.78 is 26.9. The first-order chi connectivity index (χ1) is 12.3. The summed E-state index contributed by atoms with van der Waals surface area (Å²) in [5.74, 6) is 0.0306. The number of Topliss-reactive ketones (excluding diaryl/α,β-unsaturated/α-hetero) is 1. The summed E-state index contributed by atoms with van der Waals surface area (Å²) in [6, 6.07) is 14.2. The second-order valence-corrected chi connectivity index (χ2v) is 8.39. The van der Waals surface area contributed by atoms with Crippen molar-refractivity contribution >= 4 is 15.8 Å². The molecule has 0 aliphatic rings. The number of benzene rings is 2. The molecule has 3 aromatic rings. The van der Waals surface area contributed by atoms with Crippen molar-refractivity contribution < 1.29 is 13.2 Å². The Hall–Kier alpha value is -2.66. The molecule has 0 amide bonds. The molecule has 0 spiro atoms. The summed E-state index contributed by atoms with van der Waals surface area (Å²) in [5.41, 5.74) is 4.57. The zero-order valence-electron chi connectivity index (χ0n) is 15.1. The maximum absolute atomic E-state index is 12.8. The summed E-state index contributed by atoms with van der Waals surface area (Å²) in [7, 11) is -3.60. The SMILES string of the molecule is CC(=O)c1ccc(Cc2cn(S(=O)(=O)c3ccc(C)cc3)cc2C)cc1. The van der Waals surface area contributed by atoms with E-state index >= 15 is 0 Å². The molecule has 2 aromatic carbocycles. The number of hydrogen-bond donors (Lipinski definition) is 0. The van der Waals surface area contributed by atoms with E-state index in [4.69, 9.17) is 0 Å². The van der Waals surface area contributed by atoms with Gasteiger partial charge in [-0.2, -0.15) is 0 Å². The van der Waals surface area contributed by atoms with Crippen LogP contribution in [0.25, 0.3) is 0 Å². The van der Waals surface area contributed by atoms with E-state index in [0.29, 0.717) is 12.0 Å². The fourth-order valence-corrected chi connectivity index (χ4v) is 4.09. The Kier molecular flexibility index (Phi) is 4.83. The maximum Gasteiger partial charge on any atom is 0.267 e. The van der Waals surface area contributed by atoms with Gasteiger partial charge in [0.05, 0.1) is 4.90 Å². The molecule has 134 valence electrons. The van der Waals surface area contributed by atoms with E-state index in [-0.39, 0.29) is 10.7 Å². The molecule has 0 aliphatic carbocycles. The van der Waals surface area contributed by atoms with Crippen LogP contribution in [0.5, 0.6) is 0 Å². The van der Waals surface area contributed by atoms with Gasteiger partial charge in [-0.15, -0.1) is 0 Å². The summed E-state index contributed by atoms with van der Waals surface area (Å²) in [6.07, 6.45) is 3.93. The van der Waals surface area contributed by atoms with Crippen LogP contribution in [-0.4, -0.2) is 18.2 Å². The number of carbonyl (C=O) groups excluding carboxylic acids is 1. The highest BCUT2D eigenvalue weighted by Gasteiger charge is 2.18. The van der Waals surface area contributed by atoms with Crippen LogP contribution in [0, 0.1) is 13.8 Å². The summed E-state index contributed by atoms with van der Waals surface area (Å²) >= 11 is 0. The predicted molar refractivity (Wildman–Crippen MR) is 102 cm³/mol. The maximum atomic E-state index is 12.8. The first-order valence-electron chi connectivity index (χ1n) is 8.37. The van der Waals surface area contributed by atoms with Crippen LogP contribution >= 0.6 is 0 Å². The Morgan fingerprint density at radius 3 is 2.12 bits per heavy atom. The Balaban J connectivity index is 1.89. The smallest absolute Gasteiger partial charge is 0.267 e. The van der Waals surface area contributed by atoms with Crippen molar-refractivity contribution in [1.82, 2.24) is 3.97 Å². The summed E-state index contributed by atoms with van der Waals surface area (Å²) in [5, 5.41) is 0. The van der Waals surface area contributed by atoms with Crippen molar-refractivity contribution in [3.05, 3.63) is 88.7 Å². The molecular weight excluding hydrogens is 346 g/mol. The van der Waals surface area contributed by atoms with E-state index in [1.165, 1.54) is 10.9 Å². The standard InChI is InChI=1S/C21H21NO3S/c1-15-4-10-21(11-5-15)26(24,25)22-13-16(2)20(14-22)12-18-6-8-19(9-7-18)17(3)23/h4-11,13-14H,12H2,1-3H3. The van der Waals surface area contributed by atoms with Crippen LogP contribution in [0.4, 0.5) is 0 Å². The van der Waals surface area contributed by atoms with Gasteiger partial charge in [0.2, 0.25) is 0 Å². The number of carbonyl (C=O) groups is 1. The van der Waals surface area contributed by atoms with Crippen molar-refractivity contribution in [2.75, 3.05) is 0 Å². The van der Waals surface area contributed by atoms with Gasteiger partial charge in [-0.1, -0.05) is 42.0 Å². The van der Waals surface area contributed by atoms with Gasteiger partial charge in [0.15, 0.2) is 5.78 Å². The molecule has 3 rings (SSSR count). The lowest BCUT2D eigenvalue weighted by molar-refractivity contribution is 0.101. The predicted octanol–water partition coefficient (Wildman–Crippen LogP) is 4.14. The number of ketones is 1. The third-order valence-electron chi connectivity index (χ3n) is 4.46. The average Bonchev–Trinajstić information content (AvgIpc) is 2.97. The van der Waals surface area contributed by atoms with Gasteiger partial charge in [-0.25, -0.2) is 12.4 Å². The molecular formula is C21H21NO3S. The normalized spacial score (nSPS) is 11.5. The van der Waals surface area contributed by atoms with E-state index in [9.17, 15) is 13.2 Å². The lowest BCUT2D eigenvalue weighted by Gasteiger charge is -2.06. The van der Waals surface area contributed by atoms with Crippen molar-refractivity contribution in [3.63, 3.8) is 0 Å². The van der Waals surface area contributed by atoms with Crippen LogP contribution in [0.2, 0.25) is 0 Å². The van der Waals surface area contributed by atoms with Crippen LogP contribution in [0.3, 0.4) is 0 Å². The molecule has 0 saturated heterocycles. The minimum atomic E-state index is -3.60. The zero-order valence-corrected chi connectivity index (χ0v) is 15.9. The largest absolute Gasteiger partial charge is 0.295 e. The van der Waals surface area contributed by atoms with Crippen molar-refractivity contribution in [1.29, 1.82) is 0 Å². The molecule has 0 fully saturated rings. The number of rotatable bonds is 5. The Morgan fingerprint density at radius 1 is 0.923 bits per heavy atom. The lowest BCUT2D eigenvalue weighted by Crippen LogP contribution is -2.10. The molecule has 1 heterocycles. The van der Waals surface area contributed by atoms with Crippen molar-refractivity contribution in [2.45, 2.75) is 32.1 Å². The highest BCUT2D eigenvalue weighted by atomic mass is 32.2. The Morgan fingerprint density at radius 2 is 1.54 bits per heavy atom. The number of aromatic nitrogens is 1. The molecule has 0 bridgehead atoms. The van der Waals surface area contributed by atoms with Crippen molar-refractivity contribution in [2.24, 2.45) is 0 Å². The van der Waals surface area contributed by atoms with Crippen LogP contribution in [0.1, 0.15) is 39.5 Å². The first kappa shape index (κ1) is 18.1. The molecule has 5 heteroatoms. The third kappa shape index (κ3) is 3.63. The van der Waals surface area contributed by atoms with Gasteiger partial charge >= 0.3 is 0 Å². The van der Waals surface area contributed by atoms with Crippen LogP contribution in [-0.2, 0) is 16.4 Å². The highest BCUT2D eigenvalue weighted by molar-refractivity contribution is 7.90. The topological polar surface area (TPSA) is 56.1 Å². The quantitative estimate of drug-likeness (QED) is 0.637. The minimum Gasteiger partial charge on any atom is -0.295 e. The van der Waals surface area contributed by atoms with Gasteiger partial charge < -0.3 is 0 Å². The Labute approximate surface area is 154 Å². The molecule has 0 aliphatic heterocycles. The van der Waals surface area contributed by atoms with E-state index in [1.54, 1.807) is 48.8 Å². The molecule has 0 unspecified atom stereocenters. The van der Waals surface area contributed by atoms with Crippen LogP contribution < -0.4 is 0 Å². The monoisotopic (exact) mass is 367 g/mol. The van der Waals surface area contributed by atoms with Gasteiger partial charge in [0.1, 0.15) is 0 Å². The van der Waals surface area contributed by atoms with E-state index in [2.05, 4.69) is 0 Å². The minimum absolute atomic E-state index is 0.0306. The van der Waals surface area contributed by atoms with E-state index < -0.39 is 10.0 Å². The van der Waals surface area contributed by atoms with Gasteiger partial charge in [-0.3, -0.25) is 4.79 Å². The molecule has 0 atom stereocenters. The summed E-state index contributed by atoms with van der Waals surface area (Å²) in [4.78, 5) is 11.6. The van der Waals surface area contributed by atoms with E-state index in [0.717, 1.165) is 22.3 Å². The number of aryl methyl sites for hydroxylation is 2. The third-order valence-corrected chi connectivity index (χ3v) is 6.10. The second-order valence-electron chi connectivity index (χ2n) is 6.54. The highest BCUT2D eigenvalue weighted by Crippen LogP contribution is 2.21. The second kappa shape index (κ2) is 6.92. The van der Waals surface area contributed by atoms with Crippen molar-refractivity contribution in [3.8, 4) is 0 Å². The molecule has 4 nitrogen and oxygen atoms in total. The first-order valence-corrected chi connectivity index (χ1v) is 9.81. The van der Waals surface area contributed by atoms with Gasteiger partial charge in [0, 0.05) is 18.0 Å². The number of hydrogen-bond acceptors (Lipinski definition) is 3. The average molecular weight is 367 g/mol. The van der Waals surface area contributed by atoms with Gasteiger partial charge in [-0.05, 0) is 56.0 Å². The van der Waals surface area contributed by atoms with Crippen LogP contribution in [0.15, 0.2) is 65.8 Å². The fourth-order valence-electron chi connectivity index (χ4n) is 2.80.